The molecule has 1 unspecified atom stereocenters. The lowest BCUT2D eigenvalue weighted by molar-refractivity contribution is -0.137. The Morgan fingerprint density at radius 3 is 2.68 bits per heavy atom. The van der Waals surface area contributed by atoms with Gasteiger partial charge in [0.25, 0.3) is 0 Å². The quantitative estimate of drug-likeness (QED) is 0.885. The predicted molar refractivity (Wildman–Crippen MR) is 72.1 cm³/mol. The Balaban J connectivity index is 2.16. The molecule has 0 bridgehead atoms. The lowest BCUT2D eigenvalue weighted by atomic mass is 10.0. The zero-order chi connectivity index (χ0) is 13.8. The molecule has 1 atom stereocenters. The van der Waals surface area contributed by atoms with Gasteiger partial charge in [0, 0.05) is 31.7 Å². The van der Waals surface area contributed by atoms with Gasteiger partial charge >= 0.3 is 5.97 Å². The monoisotopic (exact) mass is 262 g/mol. The summed E-state index contributed by atoms with van der Waals surface area (Å²) in [6, 6.07) is 9.73. The molecule has 1 fully saturated rings. The van der Waals surface area contributed by atoms with Crippen molar-refractivity contribution in [1.29, 1.82) is 0 Å². The number of piperazine rings is 1. The fraction of sp³-hybridized carbons (Fsp3) is 0.429. The predicted octanol–water partition coefficient (Wildman–Crippen LogP) is 1.20. The maximum atomic E-state index is 11.8. The Kier molecular flexibility index (Phi) is 4.04. The van der Waals surface area contributed by atoms with Gasteiger partial charge in [-0.3, -0.25) is 9.59 Å². The topological polar surface area (TPSA) is 60.9 Å². The van der Waals surface area contributed by atoms with E-state index in [2.05, 4.69) is 0 Å². The number of para-hydroxylation sites is 1. The number of carboxylic acid groups (broad SMARTS) is 1. The summed E-state index contributed by atoms with van der Waals surface area (Å²) in [4.78, 5) is 26.2. The average Bonchev–Trinajstić information content (AvgIpc) is 2.40. The fourth-order valence-electron chi connectivity index (χ4n) is 2.37. The van der Waals surface area contributed by atoms with E-state index in [4.69, 9.17) is 5.11 Å². The summed E-state index contributed by atoms with van der Waals surface area (Å²) in [7, 11) is 1.76. The minimum atomic E-state index is -0.799. The molecule has 1 aliphatic heterocycles. The van der Waals surface area contributed by atoms with Crippen molar-refractivity contribution >= 4 is 17.6 Å². The number of nitrogens with zero attached hydrogens (tertiary/aromatic N) is 2. The summed E-state index contributed by atoms with van der Waals surface area (Å²) in [6.45, 7) is 0.881. The van der Waals surface area contributed by atoms with E-state index >= 15 is 0 Å². The molecule has 0 aliphatic carbocycles. The second-order valence-corrected chi connectivity index (χ2v) is 4.82. The molecule has 0 aromatic heterocycles. The molecule has 0 spiro atoms. The van der Waals surface area contributed by atoms with Gasteiger partial charge in [-0.05, 0) is 18.6 Å². The highest BCUT2D eigenvalue weighted by Gasteiger charge is 2.30. The molecule has 1 N–H and O–H groups in total. The molecular formula is C14H18N2O3. The van der Waals surface area contributed by atoms with E-state index in [9.17, 15) is 9.59 Å². The van der Waals surface area contributed by atoms with Crippen molar-refractivity contribution in [3.05, 3.63) is 30.3 Å². The van der Waals surface area contributed by atoms with Gasteiger partial charge in [0.05, 0.1) is 6.54 Å². The summed E-state index contributed by atoms with van der Waals surface area (Å²) < 4.78 is 0. The molecular weight excluding hydrogens is 244 g/mol. The van der Waals surface area contributed by atoms with Gasteiger partial charge in [-0.15, -0.1) is 0 Å². The minimum absolute atomic E-state index is 0.0567. The molecule has 1 amide bonds. The molecule has 0 radical (unpaired) electrons. The Morgan fingerprint density at radius 1 is 1.37 bits per heavy atom. The Labute approximate surface area is 112 Å². The maximum Gasteiger partial charge on any atom is 0.303 e. The van der Waals surface area contributed by atoms with Crippen LogP contribution in [0.2, 0.25) is 0 Å². The van der Waals surface area contributed by atoms with E-state index in [1.807, 2.05) is 35.2 Å². The smallest absolute Gasteiger partial charge is 0.303 e. The van der Waals surface area contributed by atoms with E-state index in [1.165, 1.54) is 0 Å². The molecule has 1 saturated heterocycles. The molecule has 1 heterocycles. The summed E-state index contributed by atoms with van der Waals surface area (Å²) in [5.74, 6) is -0.733. The summed E-state index contributed by atoms with van der Waals surface area (Å²) in [5, 5.41) is 8.82. The third kappa shape index (κ3) is 3.24. The third-order valence-corrected chi connectivity index (χ3v) is 3.44. The molecule has 102 valence electrons. The number of rotatable bonds is 4. The van der Waals surface area contributed by atoms with Crippen molar-refractivity contribution in [2.24, 2.45) is 0 Å². The number of aliphatic carboxylic acids is 1. The van der Waals surface area contributed by atoms with Crippen LogP contribution in [-0.2, 0) is 9.59 Å². The van der Waals surface area contributed by atoms with Crippen LogP contribution in [0.15, 0.2) is 30.3 Å². The molecule has 5 nitrogen and oxygen atoms in total. The van der Waals surface area contributed by atoms with Crippen molar-refractivity contribution in [2.75, 3.05) is 25.0 Å². The van der Waals surface area contributed by atoms with Crippen LogP contribution in [0.1, 0.15) is 12.8 Å². The fourth-order valence-corrected chi connectivity index (χ4v) is 2.37. The van der Waals surface area contributed by atoms with Gasteiger partial charge in [0.2, 0.25) is 5.91 Å². The standard InChI is InChI=1S/C14H18N2O3/c1-15-9-12(7-8-14(18)19)16(10-13(15)17)11-5-3-2-4-6-11/h2-6,12H,7-10H2,1H3,(H,18,19). The second-order valence-electron chi connectivity index (χ2n) is 4.82. The van der Waals surface area contributed by atoms with Crippen LogP contribution in [0.25, 0.3) is 0 Å². The Hall–Kier alpha value is -2.04. The lowest BCUT2D eigenvalue weighted by Gasteiger charge is -2.41. The largest absolute Gasteiger partial charge is 0.481 e. The molecule has 1 aromatic carbocycles. The maximum absolute atomic E-state index is 11.8. The number of likely N-dealkylation sites (N-methyl/N-ethyl adjacent to an activating group) is 1. The molecule has 19 heavy (non-hydrogen) atoms. The number of carbonyl (C=O) groups is 2. The molecule has 1 aliphatic rings. The highest BCUT2D eigenvalue weighted by atomic mass is 16.4. The van der Waals surface area contributed by atoms with E-state index in [-0.39, 0.29) is 18.4 Å². The van der Waals surface area contributed by atoms with Crippen molar-refractivity contribution < 1.29 is 14.7 Å². The average molecular weight is 262 g/mol. The van der Waals surface area contributed by atoms with Gasteiger partial charge in [0.1, 0.15) is 0 Å². The van der Waals surface area contributed by atoms with Crippen LogP contribution in [0.4, 0.5) is 5.69 Å². The van der Waals surface area contributed by atoms with Gasteiger partial charge in [0.15, 0.2) is 0 Å². The van der Waals surface area contributed by atoms with Crippen LogP contribution in [0.3, 0.4) is 0 Å². The zero-order valence-corrected chi connectivity index (χ0v) is 11.0. The van der Waals surface area contributed by atoms with Gasteiger partial charge < -0.3 is 14.9 Å². The van der Waals surface area contributed by atoms with Gasteiger partial charge in [-0.1, -0.05) is 18.2 Å². The van der Waals surface area contributed by atoms with Crippen molar-refractivity contribution in [2.45, 2.75) is 18.9 Å². The Morgan fingerprint density at radius 2 is 2.05 bits per heavy atom. The number of carbonyl (C=O) groups excluding carboxylic acids is 1. The zero-order valence-electron chi connectivity index (χ0n) is 11.0. The first-order chi connectivity index (χ1) is 9.08. The van der Waals surface area contributed by atoms with E-state index in [1.54, 1.807) is 11.9 Å². The molecule has 0 saturated carbocycles. The molecule has 2 rings (SSSR count). The van der Waals surface area contributed by atoms with Crippen molar-refractivity contribution in [3.8, 4) is 0 Å². The highest BCUT2D eigenvalue weighted by molar-refractivity contribution is 5.83. The van der Waals surface area contributed by atoms with E-state index in [0.29, 0.717) is 19.5 Å². The third-order valence-electron chi connectivity index (χ3n) is 3.44. The molecule has 5 heteroatoms. The second kappa shape index (κ2) is 5.73. The van der Waals surface area contributed by atoms with Crippen molar-refractivity contribution in [3.63, 3.8) is 0 Å². The summed E-state index contributed by atoms with van der Waals surface area (Å²) in [6.07, 6.45) is 0.665. The van der Waals surface area contributed by atoms with Gasteiger partial charge in [-0.2, -0.15) is 0 Å². The highest BCUT2D eigenvalue weighted by Crippen LogP contribution is 2.22. The van der Waals surface area contributed by atoms with Crippen molar-refractivity contribution in [1.82, 2.24) is 4.90 Å². The van der Waals surface area contributed by atoms with Crippen LogP contribution in [0.5, 0.6) is 0 Å². The first-order valence-corrected chi connectivity index (χ1v) is 6.35. The lowest BCUT2D eigenvalue weighted by Crippen LogP contribution is -2.55. The number of hydrogen-bond acceptors (Lipinski definition) is 3. The normalized spacial score (nSPS) is 19.6. The summed E-state index contributed by atoms with van der Waals surface area (Å²) in [5.41, 5.74) is 0.972. The Bertz CT molecular complexity index is 461. The van der Waals surface area contributed by atoms with Crippen LogP contribution >= 0.6 is 0 Å². The number of carboxylic acids is 1. The van der Waals surface area contributed by atoms with Gasteiger partial charge in [-0.25, -0.2) is 0 Å². The minimum Gasteiger partial charge on any atom is -0.481 e. The number of anilines is 1. The number of hydrogen-bond donors (Lipinski definition) is 1. The van der Waals surface area contributed by atoms with Crippen LogP contribution < -0.4 is 4.90 Å². The first kappa shape index (κ1) is 13.4. The molecule has 1 aromatic rings. The SMILES string of the molecule is CN1CC(CCC(=O)O)N(c2ccccc2)CC1=O. The number of benzene rings is 1. The van der Waals surface area contributed by atoms with Crippen LogP contribution in [0, 0.1) is 0 Å². The number of amides is 1. The first-order valence-electron chi connectivity index (χ1n) is 6.35. The van der Waals surface area contributed by atoms with Crippen LogP contribution in [-0.4, -0.2) is 48.1 Å². The van der Waals surface area contributed by atoms with E-state index in [0.717, 1.165) is 5.69 Å². The van der Waals surface area contributed by atoms with E-state index < -0.39 is 5.97 Å². The summed E-state index contributed by atoms with van der Waals surface area (Å²) >= 11 is 0.